The number of nitrogens with zero attached hydrogens (tertiary/aromatic N) is 1. The largest absolute Gasteiger partial charge is 0.361 e. The lowest BCUT2D eigenvalue weighted by molar-refractivity contribution is -0.122. The van der Waals surface area contributed by atoms with Crippen LogP contribution in [-0.2, 0) is 11.2 Å². The molecule has 0 spiro atoms. The molecule has 130 valence electrons. The van der Waals surface area contributed by atoms with Gasteiger partial charge in [-0.3, -0.25) is 9.69 Å². The zero-order valence-electron chi connectivity index (χ0n) is 14.9. The maximum atomic E-state index is 12.9. The lowest BCUT2D eigenvalue weighted by atomic mass is 9.92. The van der Waals surface area contributed by atoms with E-state index in [2.05, 4.69) is 30.7 Å². The van der Waals surface area contributed by atoms with Crippen LogP contribution in [0, 0.1) is 5.41 Å². The predicted octanol–water partition coefficient (Wildman–Crippen LogP) is 4.83. The molecule has 0 bridgehead atoms. The molecule has 0 radical (unpaired) electrons. The number of fused-ring (bicyclic) bond motifs is 1. The number of nitrogens with one attached hydrogen (secondary N) is 1. The minimum atomic E-state index is 0.0876. The van der Waals surface area contributed by atoms with Crippen molar-refractivity contribution in [1.29, 1.82) is 0 Å². The Bertz CT molecular complexity index is 729. The molecule has 1 aromatic heterocycles. The fraction of sp³-hybridized carbons (Fsp3) is 0.550. The molecular weight excluding hydrogens is 320 g/mol. The fourth-order valence-electron chi connectivity index (χ4n) is 3.55. The molecule has 1 saturated heterocycles. The number of hydrogen-bond acceptors (Lipinski definition) is 2. The molecule has 0 saturated carbocycles. The minimum Gasteiger partial charge on any atom is -0.361 e. The van der Waals surface area contributed by atoms with Crippen LogP contribution in [0.4, 0.5) is 0 Å². The summed E-state index contributed by atoms with van der Waals surface area (Å²) in [5.74, 6) is 0.345. The Balaban J connectivity index is 1.69. The molecule has 0 aliphatic carbocycles. The molecule has 1 unspecified atom stereocenters. The number of aromatic amines is 1. The summed E-state index contributed by atoms with van der Waals surface area (Å²) in [6.45, 7) is 8.85. The highest BCUT2D eigenvalue weighted by molar-refractivity contribution is 6.31. The highest BCUT2D eigenvalue weighted by Gasteiger charge is 2.31. The van der Waals surface area contributed by atoms with Crippen molar-refractivity contribution in [1.82, 2.24) is 9.88 Å². The van der Waals surface area contributed by atoms with Crippen molar-refractivity contribution < 1.29 is 4.79 Å². The number of ketones is 1. The molecular formula is C20H27ClN2O. The zero-order valence-corrected chi connectivity index (χ0v) is 15.6. The van der Waals surface area contributed by atoms with Crippen LogP contribution >= 0.6 is 11.6 Å². The normalized spacial score (nSPS) is 19.2. The summed E-state index contributed by atoms with van der Waals surface area (Å²) in [5.41, 5.74) is 2.39. The van der Waals surface area contributed by atoms with E-state index in [9.17, 15) is 4.79 Å². The first-order valence-electron chi connectivity index (χ1n) is 8.86. The molecule has 0 amide bonds. The number of likely N-dealkylation sites (tertiary alicyclic amines) is 1. The number of aromatic nitrogens is 1. The standard InChI is InChI=1S/C20H27ClN2O/c1-20(2,3)8-10-23-9-4-5-18(23)19(24)11-14-13-22-17-12-15(21)6-7-16(14)17/h6-7,12-13,18,22H,4-5,8-11H2,1-3H3. The monoisotopic (exact) mass is 346 g/mol. The third kappa shape index (κ3) is 4.01. The van der Waals surface area contributed by atoms with Gasteiger partial charge in [0.2, 0.25) is 0 Å². The summed E-state index contributed by atoms with van der Waals surface area (Å²) in [4.78, 5) is 18.5. The van der Waals surface area contributed by atoms with Crippen molar-refractivity contribution in [2.75, 3.05) is 13.1 Å². The molecule has 1 atom stereocenters. The highest BCUT2D eigenvalue weighted by Crippen LogP contribution is 2.27. The summed E-state index contributed by atoms with van der Waals surface area (Å²) in [6, 6.07) is 5.89. The van der Waals surface area contributed by atoms with E-state index >= 15 is 0 Å². The minimum absolute atomic E-state index is 0.0876. The Morgan fingerprint density at radius 3 is 2.92 bits per heavy atom. The number of carbonyl (C=O) groups excluding carboxylic acids is 1. The van der Waals surface area contributed by atoms with E-state index in [1.807, 2.05) is 24.4 Å². The van der Waals surface area contributed by atoms with Gasteiger partial charge in [0.25, 0.3) is 0 Å². The molecule has 1 N–H and O–H groups in total. The van der Waals surface area contributed by atoms with E-state index in [0.29, 0.717) is 22.6 Å². The third-order valence-corrected chi connectivity index (χ3v) is 5.21. The van der Waals surface area contributed by atoms with Gasteiger partial charge in [0.15, 0.2) is 5.78 Å². The second-order valence-corrected chi connectivity index (χ2v) is 8.59. The molecule has 1 fully saturated rings. The van der Waals surface area contributed by atoms with Gasteiger partial charge in [-0.25, -0.2) is 0 Å². The maximum Gasteiger partial charge on any atom is 0.154 e. The first-order chi connectivity index (χ1) is 11.3. The fourth-order valence-corrected chi connectivity index (χ4v) is 3.72. The van der Waals surface area contributed by atoms with Crippen molar-refractivity contribution in [3.8, 4) is 0 Å². The van der Waals surface area contributed by atoms with Gasteiger partial charge in [0.1, 0.15) is 0 Å². The number of carbonyl (C=O) groups is 1. The Hall–Kier alpha value is -1.32. The van der Waals surface area contributed by atoms with Crippen molar-refractivity contribution in [2.45, 2.75) is 52.5 Å². The summed E-state index contributed by atoms with van der Waals surface area (Å²) in [6.07, 6.45) is 5.70. The van der Waals surface area contributed by atoms with Crippen LogP contribution in [0.2, 0.25) is 5.02 Å². The van der Waals surface area contributed by atoms with Crippen LogP contribution in [0.3, 0.4) is 0 Å². The van der Waals surface area contributed by atoms with Crippen LogP contribution in [0.15, 0.2) is 24.4 Å². The van der Waals surface area contributed by atoms with Crippen LogP contribution < -0.4 is 0 Å². The summed E-state index contributed by atoms with van der Waals surface area (Å²) >= 11 is 6.03. The quantitative estimate of drug-likeness (QED) is 0.841. The number of hydrogen-bond donors (Lipinski definition) is 1. The maximum absolute atomic E-state index is 12.9. The lowest BCUT2D eigenvalue weighted by Gasteiger charge is -2.27. The Morgan fingerprint density at radius 2 is 2.17 bits per heavy atom. The smallest absolute Gasteiger partial charge is 0.154 e. The Labute approximate surface area is 149 Å². The zero-order chi connectivity index (χ0) is 17.3. The third-order valence-electron chi connectivity index (χ3n) is 4.98. The summed E-state index contributed by atoms with van der Waals surface area (Å²) in [5, 5.41) is 1.82. The van der Waals surface area contributed by atoms with E-state index in [1.54, 1.807) is 0 Å². The lowest BCUT2D eigenvalue weighted by Crippen LogP contribution is -2.38. The van der Waals surface area contributed by atoms with Gasteiger partial charge in [-0.2, -0.15) is 0 Å². The van der Waals surface area contributed by atoms with Gasteiger partial charge < -0.3 is 4.98 Å². The first-order valence-corrected chi connectivity index (χ1v) is 9.23. The summed E-state index contributed by atoms with van der Waals surface area (Å²) in [7, 11) is 0. The van der Waals surface area contributed by atoms with Crippen LogP contribution in [-0.4, -0.2) is 34.8 Å². The highest BCUT2D eigenvalue weighted by atomic mass is 35.5. The molecule has 2 heterocycles. The Morgan fingerprint density at radius 1 is 1.38 bits per heavy atom. The SMILES string of the molecule is CC(C)(C)CCN1CCCC1C(=O)Cc1c[nH]c2cc(Cl)ccc12. The van der Waals surface area contributed by atoms with E-state index in [1.165, 1.54) is 0 Å². The van der Waals surface area contributed by atoms with E-state index in [-0.39, 0.29) is 6.04 Å². The van der Waals surface area contributed by atoms with Gasteiger partial charge in [0.05, 0.1) is 6.04 Å². The molecule has 24 heavy (non-hydrogen) atoms. The number of rotatable bonds is 5. The average Bonchev–Trinajstić information content (AvgIpc) is 3.11. The predicted molar refractivity (Wildman–Crippen MR) is 101 cm³/mol. The molecule has 1 aliphatic heterocycles. The molecule has 3 nitrogen and oxygen atoms in total. The number of halogens is 1. The molecule has 3 rings (SSSR count). The first kappa shape index (κ1) is 17.5. The second kappa shape index (κ2) is 6.89. The number of Topliss-reactive ketones (excluding diaryl/α,β-unsaturated/α-hetero) is 1. The molecule has 1 aromatic carbocycles. The van der Waals surface area contributed by atoms with Gasteiger partial charge >= 0.3 is 0 Å². The molecule has 2 aromatic rings. The van der Waals surface area contributed by atoms with Crippen molar-refractivity contribution in [2.24, 2.45) is 5.41 Å². The van der Waals surface area contributed by atoms with Crippen molar-refractivity contribution in [3.63, 3.8) is 0 Å². The summed E-state index contributed by atoms with van der Waals surface area (Å²) < 4.78 is 0. The molecule has 4 heteroatoms. The van der Waals surface area contributed by atoms with Crippen LogP contribution in [0.25, 0.3) is 10.9 Å². The van der Waals surface area contributed by atoms with E-state index in [4.69, 9.17) is 11.6 Å². The number of H-pyrrole nitrogens is 1. The van der Waals surface area contributed by atoms with Crippen molar-refractivity contribution in [3.05, 3.63) is 35.0 Å². The average molecular weight is 347 g/mol. The van der Waals surface area contributed by atoms with Crippen molar-refractivity contribution >= 4 is 28.3 Å². The second-order valence-electron chi connectivity index (χ2n) is 8.15. The van der Waals surface area contributed by atoms with Crippen LogP contribution in [0.1, 0.15) is 45.6 Å². The number of benzene rings is 1. The van der Waals surface area contributed by atoms with Gasteiger partial charge in [-0.05, 0) is 55.5 Å². The van der Waals surface area contributed by atoms with Gasteiger partial charge in [-0.1, -0.05) is 38.4 Å². The van der Waals surface area contributed by atoms with Gasteiger partial charge in [0, 0.05) is 28.5 Å². The van der Waals surface area contributed by atoms with E-state index in [0.717, 1.165) is 48.8 Å². The Kier molecular flexibility index (Phi) is 5.03. The van der Waals surface area contributed by atoms with Gasteiger partial charge in [-0.15, -0.1) is 0 Å². The van der Waals surface area contributed by atoms with E-state index < -0.39 is 0 Å². The molecule has 1 aliphatic rings. The topological polar surface area (TPSA) is 36.1 Å². The van der Waals surface area contributed by atoms with Crippen LogP contribution in [0.5, 0.6) is 0 Å².